The van der Waals surface area contributed by atoms with E-state index in [0.717, 1.165) is 0 Å². The maximum atomic E-state index is 12.2. The first-order chi connectivity index (χ1) is 12.9. The Kier molecular flexibility index (Phi) is 6.93. The van der Waals surface area contributed by atoms with Crippen molar-refractivity contribution in [2.75, 3.05) is 19.0 Å². The number of Topliss-reactive ketones (excluding diaryl/α,β-unsaturated/α-hetero) is 1. The van der Waals surface area contributed by atoms with Crippen LogP contribution in [-0.2, 0) is 14.3 Å². The largest absolute Gasteiger partial charge is 0.495 e. The number of benzene rings is 2. The second-order valence-corrected chi connectivity index (χ2v) is 5.69. The van der Waals surface area contributed by atoms with Gasteiger partial charge in [-0.2, -0.15) is 0 Å². The highest BCUT2D eigenvalue weighted by Crippen LogP contribution is 2.23. The minimum absolute atomic E-state index is 0.107. The Bertz CT molecular complexity index is 833. The monoisotopic (exact) mass is 371 g/mol. The summed E-state index contributed by atoms with van der Waals surface area (Å²) >= 11 is 0. The molecule has 1 amide bonds. The van der Waals surface area contributed by atoms with Gasteiger partial charge in [0.2, 0.25) is 0 Å². The molecule has 2 rings (SSSR count). The van der Waals surface area contributed by atoms with E-state index in [2.05, 4.69) is 5.32 Å². The highest BCUT2D eigenvalue weighted by atomic mass is 16.6. The number of hydrogen-bond acceptors (Lipinski definition) is 6. The molecule has 0 bridgehead atoms. The summed E-state index contributed by atoms with van der Waals surface area (Å²) in [6.45, 7) is 2.52. The van der Waals surface area contributed by atoms with Crippen LogP contribution in [-0.4, -0.2) is 37.5 Å². The van der Waals surface area contributed by atoms with E-state index in [1.165, 1.54) is 27.0 Å². The molecule has 7 nitrogen and oxygen atoms in total. The van der Waals surface area contributed by atoms with Gasteiger partial charge < -0.3 is 19.5 Å². The maximum Gasteiger partial charge on any atom is 0.344 e. The standard InChI is InChI=1S/C20H21NO6/c1-13(22)15-7-6-8-16(11-15)26-12-19(23)27-14(2)20(24)21-17-9-4-5-10-18(17)25-3/h4-11,14H,12H2,1-3H3,(H,21,24)/t14-/m0/s1. The summed E-state index contributed by atoms with van der Waals surface area (Å²) < 4.78 is 15.5. The van der Waals surface area contributed by atoms with Crippen LogP contribution in [0.15, 0.2) is 48.5 Å². The zero-order valence-electron chi connectivity index (χ0n) is 15.4. The van der Waals surface area contributed by atoms with Crippen molar-refractivity contribution in [3.05, 3.63) is 54.1 Å². The summed E-state index contributed by atoms with van der Waals surface area (Å²) in [5.74, 6) is -0.439. The molecule has 1 N–H and O–H groups in total. The number of anilines is 1. The van der Waals surface area contributed by atoms with E-state index in [0.29, 0.717) is 22.7 Å². The highest BCUT2D eigenvalue weighted by molar-refractivity contribution is 5.96. The zero-order chi connectivity index (χ0) is 19.8. The number of rotatable bonds is 8. The number of carbonyl (C=O) groups excluding carboxylic acids is 3. The van der Waals surface area contributed by atoms with Gasteiger partial charge >= 0.3 is 5.97 Å². The van der Waals surface area contributed by atoms with Gasteiger partial charge in [0.15, 0.2) is 18.5 Å². The molecular weight excluding hydrogens is 350 g/mol. The molecule has 2 aromatic carbocycles. The van der Waals surface area contributed by atoms with E-state index in [4.69, 9.17) is 14.2 Å². The Morgan fingerprint density at radius 3 is 2.52 bits per heavy atom. The van der Waals surface area contributed by atoms with Gasteiger partial charge in [-0.1, -0.05) is 24.3 Å². The molecule has 0 spiro atoms. The van der Waals surface area contributed by atoms with E-state index in [9.17, 15) is 14.4 Å². The molecule has 0 saturated heterocycles. The van der Waals surface area contributed by atoms with Crippen molar-refractivity contribution in [1.82, 2.24) is 0 Å². The molecule has 0 aliphatic carbocycles. The predicted octanol–water partition coefficient (Wildman–Crippen LogP) is 2.85. The van der Waals surface area contributed by atoms with Crippen molar-refractivity contribution in [2.24, 2.45) is 0 Å². The van der Waals surface area contributed by atoms with Crippen molar-refractivity contribution in [1.29, 1.82) is 0 Å². The normalized spacial score (nSPS) is 11.2. The number of nitrogens with one attached hydrogen (secondary N) is 1. The minimum Gasteiger partial charge on any atom is -0.495 e. The Balaban J connectivity index is 1.86. The smallest absolute Gasteiger partial charge is 0.344 e. The molecule has 2 aromatic rings. The maximum absolute atomic E-state index is 12.2. The average Bonchev–Trinajstić information content (AvgIpc) is 2.67. The number of para-hydroxylation sites is 2. The summed E-state index contributed by atoms with van der Waals surface area (Å²) in [5.41, 5.74) is 0.954. The minimum atomic E-state index is -1.02. The lowest BCUT2D eigenvalue weighted by atomic mass is 10.1. The molecule has 7 heteroatoms. The third-order valence-electron chi connectivity index (χ3n) is 3.64. The predicted molar refractivity (Wildman–Crippen MR) is 99.1 cm³/mol. The first-order valence-electron chi connectivity index (χ1n) is 8.28. The third kappa shape index (κ3) is 5.85. The Morgan fingerprint density at radius 1 is 1.07 bits per heavy atom. The summed E-state index contributed by atoms with van der Waals surface area (Å²) in [7, 11) is 1.49. The van der Waals surface area contributed by atoms with E-state index in [-0.39, 0.29) is 12.4 Å². The molecule has 142 valence electrons. The number of methoxy groups -OCH3 is 1. The molecule has 0 unspecified atom stereocenters. The van der Waals surface area contributed by atoms with Gasteiger partial charge in [0.25, 0.3) is 5.91 Å². The van der Waals surface area contributed by atoms with Crippen LogP contribution >= 0.6 is 0 Å². The quantitative estimate of drug-likeness (QED) is 0.567. The Morgan fingerprint density at radius 2 is 1.81 bits per heavy atom. The highest BCUT2D eigenvalue weighted by Gasteiger charge is 2.19. The SMILES string of the molecule is COc1ccccc1NC(=O)[C@H](C)OC(=O)COc1cccc(C(C)=O)c1. The fourth-order valence-electron chi connectivity index (χ4n) is 2.21. The summed E-state index contributed by atoms with van der Waals surface area (Å²) in [5, 5.41) is 2.64. The van der Waals surface area contributed by atoms with Crippen LogP contribution < -0.4 is 14.8 Å². The van der Waals surface area contributed by atoms with Crippen molar-refractivity contribution < 1.29 is 28.6 Å². The van der Waals surface area contributed by atoms with E-state index in [1.807, 2.05) is 0 Å². The molecule has 0 aliphatic heterocycles. The van der Waals surface area contributed by atoms with Gasteiger partial charge in [0.05, 0.1) is 12.8 Å². The fraction of sp³-hybridized carbons (Fsp3) is 0.250. The third-order valence-corrected chi connectivity index (χ3v) is 3.64. The summed E-state index contributed by atoms with van der Waals surface area (Å²) in [4.78, 5) is 35.4. The molecule has 0 radical (unpaired) electrons. The number of ketones is 1. The van der Waals surface area contributed by atoms with E-state index >= 15 is 0 Å². The molecular formula is C20H21NO6. The lowest BCUT2D eigenvalue weighted by molar-refractivity contribution is -0.155. The van der Waals surface area contributed by atoms with Crippen LogP contribution in [0.1, 0.15) is 24.2 Å². The second-order valence-electron chi connectivity index (χ2n) is 5.69. The average molecular weight is 371 g/mol. The fourth-order valence-corrected chi connectivity index (χ4v) is 2.21. The number of carbonyl (C=O) groups is 3. The lowest BCUT2D eigenvalue weighted by Crippen LogP contribution is -2.31. The summed E-state index contributed by atoms with van der Waals surface area (Å²) in [6, 6.07) is 13.4. The number of ether oxygens (including phenoxy) is 3. The number of esters is 1. The molecule has 0 saturated carbocycles. The Hall–Kier alpha value is -3.35. The van der Waals surface area contributed by atoms with Crippen molar-refractivity contribution in [3.63, 3.8) is 0 Å². The number of amides is 1. The van der Waals surface area contributed by atoms with Gasteiger partial charge in [0.1, 0.15) is 11.5 Å². The van der Waals surface area contributed by atoms with Crippen molar-refractivity contribution in [3.8, 4) is 11.5 Å². The van der Waals surface area contributed by atoms with E-state index < -0.39 is 18.0 Å². The summed E-state index contributed by atoms with van der Waals surface area (Å²) in [6.07, 6.45) is -1.02. The topological polar surface area (TPSA) is 90.9 Å². The first kappa shape index (κ1) is 20.0. The van der Waals surface area contributed by atoms with Crippen LogP contribution in [0, 0.1) is 0 Å². The molecule has 1 atom stereocenters. The molecule has 0 aliphatic rings. The van der Waals surface area contributed by atoms with Gasteiger partial charge in [-0.3, -0.25) is 9.59 Å². The number of hydrogen-bond donors (Lipinski definition) is 1. The van der Waals surface area contributed by atoms with Gasteiger partial charge in [-0.05, 0) is 38.1 Å². The van der Waals surface area contributed by atoms with Crippen LogP contribution in [0.4, 0.5) is 5.69 Å². The first-order valence-corrected chi connectivity index (χ1v) is 8.28. The second kappa shape index (κ2) is 9.38. The lowest BCUT2D eigenvalue weighted by Gasteiger charge is -2.15. The zero-order valence-corrected chi connectivity index (χ0v) is 15.4. The molecule has 0 aromatic heterocycles. The molecule has 0 fully saturated rings. The molecule has 0 heterocycles. The van der Waals surface area contributed by atoms with Crippen molar-refractivity contribution >= 4 is 23.3 Å². The van der Waals surface area contributed by atoms with Gasteiger partial charge in [0, 0.05) is 5.56 Å². The molecule has 27 heavy (non-hydrogen) atoms. The van der Waals surface area contributed by atoms with E-state index in [1.54, 1.807) is 42.5 Å². The van der Waals surface area contributed by atoms with Crippen LogP contribution in [0.25, 0.3) is 0 Å². The van der Waals surface area contributed by atoms with Crippen LogP contribution in [0.5, 0.6) is 11.5 Å². The van der Waals surface area contributed by atoms with Gasteiger partial charge in [-0.25, -0.2) is 4.79 Å². The van der Waals surface area contributed by atoms with Crippen LogP contribution in [0.3, 0.4) is 0 Å². The van der Waals surface area contributed by atoms with Crippen molar-refractivity contribution in [2.45, 2.75) is 20.0 Å². The van der Waals surface area contributed by atoms with Gasteiger partial charge in [-0.15, -0.1) is 0 Å². The van der Waals surface area contributed by atoms with Crippen LogP contribution in [0.2, 0.25) is 0 Å². The Labute approximate surface area is 157 Å².